The van der Waals surface area contributed by atoms with Crippen molar-refractivity contribution in [3.8, 4) is 5.75 Å². The second kappa shape index (κ2) is 7.82. The fourth-order valence-electron chi connectivity index (χ4n) is 3.26. The Balaban J connectivity index is 1.64. The normalized spacial score (nSPS) is 15.0. The Morgan fingerprint density at radius 1 is 1.15 bits per heavy atom. The third-order valence-electron chi connectivity index (χ3n) is 4.96. The van der Waals surface area contributed by atoms with Gasteiger partial charge in [0.15, 0.2) is 6.10 Å². The molecule has 3 rings (SSSR count). The summed E-state index contributed by atoms with van der Waals surface area (Å²) < 4.78 is 5.89. The average molecular weight is 366 g/mol. The molecule has 5 heteroatoms. The summed E-state index contributed by atoms with van der Waals surface area (Å²) in [6.45, 7) is 8.53. The molecule has 27 heavy (non-hydrogen) atoms. The molecule has 1 saturated heterocycles. The second-order valence-corrected chi connectivity index (χ2v) is 7.15. The number of carbonyl (C=O) groups is 2. The summed E-state index contributed by atoms with van der Waals surface area (Å²) in [4.78, 5) is 26.1. The predicted molar refractivity (Wildman–Crippen MR) is 107 cm³/mol. The molecule has 0 aliphatic carbocycles. The van der Waals surface area contributed by atoms with Gasteiger partial charge in [0.1, 0.15) is 5.75 Å². The third kappa shape index (κ3) is 4.30. The number of hydrogen-bond donors (Lipinski definition) is 1. The summed E-state index contributed by atoms with van der Waals surface area (Å²) in [6.07, 6.45) is 0.875. The SMILES string of the molecule is Cc1cc(C)c(C)c(O[C@@H](C)C(=O)Nc2ccc(N3CCCC3=O)cc2)c1. The van der Waals surface area contributed by atoms with Gasteiger partial charge in [-0.3, -0.25) is 9.59 Å². The number of nitrogens with zero attached hydrogens (tertiary/aromatic N) is 1. The van der Waals surface area contributed by atoms with Gasteiger partial charge < -0.3 is 15.0 Å². The van der Waals surface area contributed by atoms with Gasteiger partial charge in [-0.15, -0.1) is 0 Å². The predicted octanol–water partition coefficient (Wildman–Crippen LogP) is 4.14. The molecule has 1 fully saturated rings. The van der Waals surface area contributed by atoms with E-state index in [0.29, 0.717) is 12.1 Å². The van der Waals surface area contributed by atoms with Crippen LogP contribution in [-0.4, -0.2) is 24.5 Å². The van der Waals surface area contributed by atoms with Gasteiger partial charge in [-0.1, -0.05) is 6.07 Å². The first-order valence-electron chi connectivity index (χ1n) is 9.31. The molecule has 0 aromatic heterocycles. The molecule has 1 atom stereocenters. The van der Waals surface area contributed by atoms with Crippen molar-refractivity contribution in [1.29, 1.82) is 0 Å². The number of rotatable bonds is 5. The molecule has 2 aromatic rings. The van der Waals surface area contributed by atoms with Crippen LogP contribution in [0.4, 0.5) is 11.4 Å². The van der Waals surface area contributed by atoms with Crippen LogP contribution >= 0.6 is 0 Å². The van der Waals surface area contributed by atoms with Gasteiger partial charge in [0.25, 0.3) is 5.91 Å². The molecule has 0 radical (unpaired) electrons. The van der Waals surface area contributed by atoms with Crippen molar-refractivity contribution in [1.82, 2.24) is 0 Å². The zero-order chi connectivity index (χ0) is 19.6. The summed E-state index contributed by atoms with van der Waals surface area (Å²) in [5.74, 6) is 0.675. The monoisotopic (exact) mass is 366 g/mol. The van der Waals surface area contributed by atoms with E-state index < -0.39 is 6.10 Å². The maximum atomic E-state index is 12.5. The van der Waals surface area contributed by atoms with E-state index in [1.54, 1.807) is 11.8 Å². The van der Waals surface area contributed by atoms with Crippen LogP contribution in [0.15, 0.2) is 36.4 Å². The van der Waals surface area contributed by atoms with E-state index in [1.807, 2.05) is 51.1 Å². The summed E-state index contributed by atoms with van der Waals surface area (Å²) in [7, 11) is 0. The first kappa shape index (κ1) is 19.0. The van der Waals surface area contributed by atoms with Crippen LogP contribution in [0, 0.1) is 20.8 Å². The largest absolute Gasteiger partial charge is 0.481 e. The smallest absolute Gasteiger partial charge is 0.265 e. The van der Waals surface area contributed by atoms with E-state index in [4.69, 9.17) is 4.74 Å². The Bertz CT molecular complexity index is 859. The van der Waals surface area contributed by atoms with E-state index in [0.717, 1.165) is 41.1 Å². The Labute approximate surface area is 160 Å². The molecule has 0 bridgehead atoms. The molecule has 0 unspecified atom stereocenters. The Hall–Kier alpha value is -2.82. The zero-order valence-electron chi connectivity index (χ0n) is 16.3. The lowest BCUT2D eigenvalue weighted by atomic mass is 10.1. The van der Waals surface area contributed by atoms with Gasteiger partial charge in [0.05, 0.1) is 0 Å². The van der Waals surface area contributed by atoms with Gasteiger partial charge in [0, 0.05) is 24.3 Å². The number of carbonyl (C=O) groups excluding carboxylic acids is 2. The number of ether oxygens (including phenoxy) is 1. The topological polar surface area (TPSA) is 58.6 Å². The Kier molecular flexibility index (Phi) is 5.49. The molecule has 0 saturated carbocycles. The van der Waals surface area contributed by atoms with E-state index >= 15 is 0 Å². The van der Waals surface area contributed by atoms with Crippen LogP contribution in [0.5, 0.6) is 5.75 Å². The first-order valence-corrected chi connectivity index (χ1v) is 9.31. The minimum Gasteiger partial charge on any atom is -0.481 e. The van der Waals surface area contributed by atoms with Gasteiger partial charge >= 0.3 is 0 Å². The Morgan fingerprint density at radius 2 is 1.85 bits per heavy atom. The number of nitrogens with one attached hydrogen (secondary N) is 1. The minimum absolute atomic E-state index is 0.151. The molecule has 142 valence electrons. The Morgan fingerprint density at radius 3 is 2.48 bits per heavy atom. The fraction of sp³-hybridized carbons (Fsp3) is 0.364. The summed E-state index contributed by atoms with van der Waals surface area (Å²) in [6, 6.07) is 11.4. The van der Waals surface area contributed by atoms with Gasteiger partial charge in [0.2, 0.25) is 5.91 Å². The van der Waals surface area contributed by atoms with E-state index in [2.05, 4.69) is 11.4 Å². The van der Waals surface area contributed by atoms with Crippen LogP contribution in [-0.2, 0) is 9.59 Å². The van der Waals surface area contributed by atoms with E-state index in [1.165, 1.54) is 0 Å². The van der Waals surface area contributed by atoms with Crippen LogP contribution in [0.2, 0.25) is 0 Å². The maximum Gasteiger partial charge on any atom is 0.265 e. The van der Waals surface area contributed by atoms with Crippen molar-refractivity contribution < 1.29 is 14.3 Å². The minimum atomic E-state index is -0.621. The highest BCUT2D eigenvalue weighted by molar-refractivity contribution is 5.96. The molecule has 1 aliphatic heterocycles. The lowest BCUT2D eigenvalue weighted by Gasteiger charge is -2.19. The number of aryl methyl sites for hydroxylation is 2. The fourth-order valence-corrected chi connectivity index (χ4v) is 3.26. The van der Waals surface area contributed by atoms with Crippen molar-refractivity contribution >= 4 is 23.2 Å². The van der Waals surface area contributed by atoms with Crippen molar-refractivity contribution in [3.63, 3.8) is 0 Å². The van der Waals surface area contributed by atoms with Gasteiger partial charge in [-0.05, 0) is 81.1 Å². The van der Waals surface area contributed by atoms with Crippen LogP contribution in [0.1, 0.15) is 36.5 Å². The number of hydrogen-bond acceptors (Lipinski definition) is 3. The molecule has 5 nitrogen and oxygen atoms in total. The van der Waals surface area contributed by atoms with E-state index in [-0.39, 0.29) is 11.8 Å². The summed E-state index contributed by atoms with van der Waals surface area (Å²) >= 11 is 0. The third-order valence-corrected chi connectivity index (χ3v) is 4.96. The quantitative estimate of drug-likeness (QED) is 0.865. The van der Waals surface area contributed by atoms with E-state index in [9.17, 15) is 9.59 Å². The van der Waals surface area contributed by atoms with Gasteiger partial charge in [-0.25, -0.2) is 0 Å². The van der Waals surface area contributed by atoms with Crippen LogP contribution in [0.3, 0.4) is 0 Å². The lowest BCUT2D eigenvalue weighted by molar-refractivity contribution is -0.122. The molecule has 2 aromatic carbocycles. The summed E-state index contributed by atoms with van der Waals surface area (Å²) in [5, 5.41) is 2.87. The molecule has 1 N–H and O–H groups in total. The van der Waals surface area contributed by atoms with Crippen LogP contribution in [0.25, 0.3) is 0 Å². The molecular formula is C22H26N2O3. The number of benzene rings is 2. The highest BCUT2D eigenvalue weighted by atomic mass is 16.5. The van der Waals surface area contributed by atoms with Crippen molar-refractivity contribution in [2.24, 2.45) is 0 Å². The highest BCUT2D eigenvalue weighted by Gasteiger charge is 2.22. The van der Waals surface area contributed by atoms with Crippen molar-refractivity contribution in [2.45, 2.75) is 46.6 Å². The molecule has 0 spiro atoms. The molecule has 1 aliphatic rings. The molecule has 2 amide bonds. The number of amides is 2. The number of anilines is 2. The van der Waals surface area contributed by atoms with Crippen LogP contribution < -0.4 is 15.0 Å². The van der Waals surface area contributed by atoms with Crippen molar-refractivity contribution in [3.05, 3.63) is 53.1 Å². The molecule has 1 heterocycles. The second-order valence-electron chi connectivity index (χ2n) is 7.15. The highest BCUT2D eigenvalue weighted by Crippen LogP contribution is 2.25. The van der Waals surface area contributed by atoms with Gasteiger partial charge in [-0.2, -0.15) is 0 Å². The molecular weight excluding hydrogens is 340 g/mol. The average Bonchev–Trinajstić information content (AvgIpc) is 3.05. The summed E-state index contributed by atoms with van der Waals surface area (Å²) in [5.41, 5.74) is 4.84. The first-order chi connectivity index (χ1) is 12.8. The zero-order valence-corrected chi connectivity index (χ0v) is 16.3. The maximum absolute atomic E-state index is 12.5. The van der Waals surface area contributed by atoms with Crippen molar-refractivity contribution in [2.75, 3.05) is 16.8 Å². The standard InChI is InChI=1S/C22H26N2O3/c1-14-12-15(2)16(3)20(13-14)27-17(4)22(26)23-18-7-9-19(10-8-18)24-11-5-6-21(24)25/h7-10,12-13,17H,5-6,11H2,1-4H3,(H,23,26)/t17-/m0/s1. The lowest BCUT2D eigenvalue weighted by Crippen LogP contribution is -2.30.